The average molecular weight is 390 g/mol. The smallest absolute Gasteiger partial charge is 0.280 e. The van der Waals surface area contributed by atoms with Crippen molar-refractivity contribution in [2.45, 2.75) is 20.8 Å². The fraction of sp³-hybridized carbons (Fsp3) is 0.143. The molecule has 2 aromatic heterocycles. The van der Waals surface area contributed by atoms with E-state index in [2.05, 4.69) is 5.43 Å². The fourth-order valence-corrected chi connectivity index (χ4v) is 2.86. The highest BCUT2D eigenvalue weighted by Gasteiger charge is 2.15. The molecule has 0 aliphatic carbocycles. The molecule has 29 heavy (non-hydrogen) atoms. The molecule has 0 aliphatic heterocycles. The lowest BCUT2D eigenvalue weighted by Crippen LogP contribution is -2.25. The largest absolute Gasteiger partial charge is 0.457 e. The molecule has 0 radical (unpaired) electrons. The van der Waals surface area contributed by atoms with Gasteiger partial charge in [0.05, 0.1) is 4.92 Å². The molecule has 8 nitrogen and oxygen atoms in total. The van der Waals surface area contributed by atoms with Gasteiger partial charge in [0.1, 0.15) is 23.2 Å². The van der Waals surface area contributed by atoms with E-state index in [1.807, 2.05) is 39.0 Å². The molecule has 2 heterocycles. The standard InChI is InChI=1S/C21H18N4O4/c1-13-4-7-17(25(27)28)11-19(13)20-9-8-18(29-20)10-16(12-22)21(26)23-24-14(2)5-6-15(24)3/h4-11H,1-3H3,(H,23,26)/b16-10-. The Labute approximate surface area is 166 Å². The Hall–Kier alpha value is -4.12. The summed E-state index contributed by atoms with van der Waals surface area (Å²) in [7, 11) is 0. The molecule has 0 fully saturated rings. The second kappa shape index (κ2) is 7.86. The van der Waals surface area contributed by atoms with Gasteiger partial charge in [-0.05, 0) is 50.6 Å². The van der Waals surface area contributed by atoms with Crippen molar-refractivity contribution in [3.63, 3.8) is 0 Å². The molecular weight excluding hydrogens is 372 g/mol. The van der Waals surface area contributed by atoms with Crippen LogP contribution in [0, 0.1) is 42.2 Å². The van der Waals surface area contributed by atoms with Crippen molar-refractivity contribution < 1.29 is 14.1 Å². The van der Waals surface area contributed by atoms with Crippen molar-refractivity contribution in [3.05, 3.63) is 80.9 Å². The highest BCUT2D eigenvalue weighted by molar-refractivity contribution is 6.06. The molecule has 0 atom stereocenters. The number of nitro benzene ring substituents is 1. The zero-order valence-corrected chi connectivity index (χ0v) is 16.1. The van der Waals surface area contributed by atoms with E-state index in [0.717, 1.165) is 17.0 Å². The van der Waals surface area contributed by atoms with E-state index in [9.17, 15) is 20.2 Å². The Morgan fingerprint density at radius 3 is 2.48 bits per heavy atom. The van der Waals surface area contributed by atoms with Crippen molar-refractivity contribution in [1.29, 1.82) is 5.26 Å². The number of furan rings is 1. The van der Waals surface area contributed by atoms with Crippen LogP contribution in [0.5, 0.6) is 0 Å². The predicted octanol–water partition coefficient (Wildman–Crippen LogP) is 4.26. The van der Waals surface area contributed by atoms with Crippen LogP contribution >= 0.6 is 0 Å². The molecule has 0 spiro atoms. The summed E-state index contributed by atoms with van der Waals surface area (Å²) in [6.07, 6.45) is 1.33. The second-order valence-electron chi connectivity index (χ2n) is 6.52. The third kappa shape index (κ3) is 4.09. The van der Waals surface area contributed by atoms with Gasteiger partial charge in [-0.25, -0.2) is 0 Å². The first-order chi connectivity index (χ1) is 13.8. The lowest BCUT2D eigenvalue weighted by Gasteiger charge is -2.10. The highest BCUT2D eigenvalue weighted by Crippen LogP contribution is 2.29. The summed E-state index contributed by atoms with van der Waals surface area (Å²) in [4.78, 5) is 23.0. The van der Waals surface area contributed by atoms with Gasteiger partial charge < -0.3 is 4.42 Å². The molecule has 0 saturated heterocycles. The Kier molecular flexibility index (Phi) is 5.32. The zero-order chi connectivity index (χ0) is 21.1. The molecule has 3 aromatic rings. The molecule has 0 unspecified atom stereocenters. The maximum Gasteiger partial charge on any atom is 0.280 e. The van der Waals surface area contributed by atoms with E-state index < -0.39 is 10.8 Å². The van der Waals surface area contributed by atoms with Gasteiger partial charge in [0.2, 0.25) is 0 Å². The van der Waals surface area contributed by atoms with Crippen molar-refractivity contribution in [3.8, 4) is 17.4 Å². The number of nitrogens with one attached hydrogen (secondary N) is 1. The van der Waals surface area contributed by atoms with E-state index in [4.69, 9.17) is 4.42 Å². The first-order valence-corrected chi connectivity index (χ1v) is 8.73. The van der Waals surface area contributed by atoms with Crippen LogP contribution < -0.4 is 5.43 Å². The van der Waals surface area contributed by atoms with Gasteiger partial charge in [0.25, 0.3) is 11.6 Å². The molecule has 3 rings (SSSR count). The minimum absolute atomic E-state index is 0.0475. The fourth-order valence-electron chi connectivity index (χ4n) is 2.86. The van der Waals surface area contributed by atoms with Crippen LogP contribution in [0.2, 0.25) is 0 Å². The molecule has 1 amide bonds. The number of rotatable bonds is 5. The summed E-state index contributed by atoms with van der Waals surface area (Å²) >= 11 is 0. The van der Waals surface area contributed by atoms with Gasteiger partial charge >= 0.3 is 0 Å². The lowest BCUT2D eigenvalue weighted by molar-refractivity contribution is -0.384. The van der Waals surface area contributed by atoms with Crippen molar-refractivity contribution in [2.24, 2.45) is 0 Å². The number of nitrogens with zero attached hydrogens (tertiary/aromatic N) is 3. The number of nitro groups is 1. The van der Waals surface area contributed by atoms with Gasteiger partial charge in [-0.1, -0.05) is 6.07 Å². The number of carbonyl (C=O) groups is 1. The SMILES string of the molecule is Cc1ccc([N+](=O)[O-])cc1-c1ccc(/C=C(/C#N)C(=O)Nn2c(C)ccc2C)o1. The Morgan fingerprint density at radius 1 is 1.17 bits per heavy atom. The van der Waals surface area contributed by atoms with E-state index in [0.29, 0.717) is 17.1 Å². The van der Waals surface area contributed by atoms with Crippen LogP contribution in [0.4, 0.5) is 5.69 Å². The first-order valence-electron chi connectivity index (χ1n) is 8.73. The van der Waals surface area contributed by atoms with E-state index in [-0.39, 0.29) is 11.3 Å². The number of hydrogen-bond donors (Lipinski definition) is 1. The first kappa shape index (κ1) is 19.6. The zero-order valence-electron chi connectivity index (χ0n) is 16.1. The van der Waals surface area contributed by atoms with E-state index >= 15 is 0 Å². The van der Waals surface area contributed by atoms with Crippen LogP contribution in [0.15, 0.2) is 52.5 Å². The molecule has 1 N–H and O–H groups in total. The average Bonchev–Trinajstić information content (AvgIpc) is 3.28. The van der Waals surface area contributed by atoms with Crippen molar-refractivity contribution >= 4 is 17.7 Å². The predicted molar refractivity (Wildman–Crippen MR) is 107 cm³/mol. The molecule has 0 saturated carbocycles. The maximum absolute atomic E-state index is 12.5. The molecule has 8 heteroatoms. The molecule has 146 valence electrons. The minimum atomic E-state index is -0.570. The third-order valence-electron chi connectivity index (χ3n) is 4.46. The third-order valence-corrected chi connectivity index (χ3v) is 4.46. The number of non-ortho nitro benzene ring substituents is 1. The van der Waals surface area contributed by atoms with Gasteiger partial charge in [-0.3, -0.25) is 25.0 Å². The summed E-state index contributed by atoms with van der Waals surface area (Å²) < 4.78 is 7.30. The minimum Gasteiger partial charge on any atom is -0.457 e. The monoisotopic (exact) mass is 390 g/mol. The van der Waals surface area contributed by atoms with Gasteiger partial charge in [-0.2, -0.15) is 5.26 Å². The normalized spacial score (nSPS) is 11.2. The number of benzene rings is 1. The summed E-state index contributed by atoms with van der Waals surface area (Å²) in [5, 5.41) is 20.4. The number of carbonyl (C=O) groups excluding carboxylic acids is 1. The second-order valence-corrected chi connectivity index (χ2v) is 6.52. The number of aryl methyl sites for hydroxylation is 3. The van der Waals surface area contributed by atoms with Crippen molar-refractivity contribution in [2.75, 3.05) is 5.43 Å². The summed E-state index contributed by atoms with van der Waals surface area (Å²) in [5.74, 6) is 0.130. The quantitative estimate of drug-likeness (QED) is 0.303. The molecule has 0 aliphatic rings. The number of amides is 1. The number of aromatic nitrogens is 1. The van der Waals surface area contributed by atoms with Crippen LogP contribution in [0.1, 0.15) is 22.7 Å². The molecular formula is C21H18N4O4. The topological polar surface area (TPSA) is 114 Å². The van der Waals surface area contributed by atoms with Crippen molar-refractivity contribution in [1.82, 2.24) is 4.68 Å². The summed E-state index contributed by atoms with van der Waals surface area (Å²) in [5.41, 5.74) is 5.52. The maximum atomic E-state index is 12.5. The summed E-state index contributed by atoms with van der Waals surface area (Å²) in [6, 6.07) is 13.3. The Balaban J connectivity index is 1.88. The molecule has 1 aromatic carbocycles. The molecule has 0 bridgehead atoms. The van der Waals surface area contributed by atoms with Crippen LogP contribution in [0.25, 0.3) is 17.4 Å². The lowest BCUT2D eigenvalue weighted by atomic mass is 10.1. The highest BCUT2D eigenvalue weighted by atomic mass is 16.6. The van der Waals surface area contributed by atoms with Gasteiger partial charge in [0.15, 0.2) is 0 Å². The number of nitriles is 1. The van der Waals surface area contributed by atoms with Gasteiger partial charge in [-0.15, -0.1) is 0 Å². The summed E-state index contributed by atoms with van der Waals surface area (Å²) in [6.45, 7) is 5.49. The van der Waals surface area contributed by atoms with E-state index in [1.165, 1.54) is 18.2 Å². The van der Waals surface area contributed by atoms with Crippen LogP contribution in [-0.4, -0.2) is 15.5 Å². The Morgan fingerprint density at radius 2 is 1.86 bits per heavy atom. The number of hydrogen-bond acceptors (Lipinski definition) is 5. The van der Waals surface area contributed by atoms with Crippen LogP contribution in [-0.2, 0) is 4.79 Å². The van der Waals surface area contributed by atoms with Crippen LogP contribution in [0.3, 0.4) is 0 Å². The van der Waals surface area contributed by atoms with E-state index in [1.54, 1.807) is 22.9 Å². The Bertz CT molecular complexity index is 1160. The van der Waals surface area contributed by atoms with Gasteiger partial charge in [0, 0.05) is 35.2 Å².